The molecule has 1 aliphatic heterocycles. The number of furan rings is 1. The predicted octanol–water partition coefficient (Wildman–Crippen LogP) is 2.70. The third kappa shape index (κ3) is 6.65. The van der Waals surface area contributed by atoms with Gasteiger partial charge in [-0.05, 0) is 50.3 Å². The first-order valence-corrected chi connectivity index (χ1v) is 8.94. The molecule has 0 aliphatic carbocycles. The van der Waals surface area contributed by atoms with E-state index in [4.69, 9.17) is 4.42 Å². The molecule has 0 amide bonds. The molecule has 5 heteroatoms. The molecule has 1 atom stereocenters. The minimum atomic E-state index is 0.576. The fourth-order valence-corrected chi connectivity index (χ4v) is 3.14. The number of aliphatic imine (C=N–C) groups is 1. The molecule has 1 aromatic heterocycles. The lowest BCUT2D eigenvalue weighted by atomic mass is 9.97. The van der Waals surface area contributed by atoms with Crippen molar-refractivity contribution in [2.24, 2.45) is 16.8 Å². The lowest BCUT2D eigenvalue weighted by Crippen LogP contribution is -2.45. The second kappa shape index (κ2) is 9.60. The van der Waals surface area contributed by atoms with Gasteiger partial charge in [-0.1, -0.05) is 13.8 Å². The van der Waals surface area contributed by atoms with Crippen molar-refractivity contribution in [2.45, 2.75) is 40.2 Å². The Morgan fingerprint density at radius 3 is 3.00 bits per heavy atom. The molecule has 130 valence electrons. The third-order valence-corrected chi connectivity index (χ3v) is 4.10. The highest BCUT2D eigenvalue weighted by Crippen LogP contribution is 2.16. The van der Waals surface area contributed by atoms with Crippen LogP contribution in [0.25, 0.3) is 0 Å². The molecule has 5 nitrogen and oxygen atoms in total. The molecule has 2 rings (SSSR count). The van der Waals surface area contributed by atoms with Gasteiger partial charge >= 0.3 is 0 Å². The van der Waals surface area contributed by atoms with E-state index in [9.17, 15) is 0 Å². The molecule has 1 aromatic rings. The second-order valence-corrected chi connectivity index (χ2v) is 6.82. The van der Waals surface area contributed by atoms with Gasteiger partial charge in [0.05, 0.1) is 6.26 Å². The Labute approximate surface area is 140 Å². The van der Waals surface area contributed by atoms with Crippen LogP contribution in [-0.4, -0.2) is 43.6 Å². The van der Waals surface area contributed by atoms with Crippen molar-refractivity contribution in [3.8, 4) is 0 Å². The van der Waals surface area contributed by atoms with E-state index in [2.05, 4.69) is 41.3 Å². The van der Waals surface area contributed by atoms with E-state index in [1.54, 1.807) is 6.26 Å². The maximum Gasteiger partial charge on any atom is 0.191 e. The number of hydrogen-bond donors (Lipinski definition) is 2. The molecule has 1 aliphatic rings. The van der Waals surface area contributed by atoms with Gasteiger partial charge in [0.25, 0.3) is 0 Å². The van der Waals surface area contributed by atoms with Gasteiger partial charge in [0, 0.05) is 26.2 Å². The van der Waals surface area contributed by atoms with Crippen molar-refractivity contribution in [3.05, 3.63) is 24.2 Å². The molecular weight excluding hydrogens is 288 g/mol. The van der Waals surface area contributed by atoms with Crippen LogP contribution in [-0.2, 0) is 6.54 Å². The highest BCUT2D eigenvalue weighted by Gasteiger charge is 2.20. The molecule has 2 heterocycles. The van der Waals surface area contributed by atoms with E-state index in [-0.39, 0.29) is 0 Å². The quantitative estimate of drug-likeness (QED) is 0.599. The number of likely N-dealkylation sites (tertiary alicyclic amines) is 1. The van der Waals surface area contributed by atoms with Crippen LogP contribution in [0.3, 0.4) is 0 Å². The summed E-state index contributed by atoms with van der Waals surface area (Å²) in [4.78, 5) is 7.20. The SMILES string of the molecule is CCNC(=NCc1ccco1)NCC1CCCN(CC(C)C)C1. The Morgan fingerprint density at radius 1 is 1.43 bits per heavy atom. The van der Waals surface area contributed by atoms with Crippen LogP contribution in [0.15, 0.2) is 27.8 Å². The topological polar surface area (TPSA) is 52.8 Å². The van der Waals surface area contributed by atoms with Crippen LogP contribution >= 0.6 is 0 Å². The number of piperidine rings is 1. The molecule has 0 bridgehead atoms. The Kier molecular flexibility index (Phi) is 7.46. The molecule has 1 saturated heterocycles. The third-order valence-electron chi connectivity index (χ3n) is 4.10. The zero-order chi connectivity index (χ0) is 16.5. The van der Waals surface area contributed by atoms with Crippen molar-refractivity contribution >= 4 is 5.96 Å². The minimum absolute atomic E-state index is 0.576. The lowest BCUT2D eigenvalue weighted by molar-refractivity contribution is 0.159. The Hall–Kier alpha value is -1.49. The Balaban J connectivity index is 1.79. The van der Waals surface area contributed by atoms with Crippen LogP contribution < -0.4 is 10.6 Å². The summed E-state index contributed by atoms with van der Waals surface area (Å²) < 4.78 is 5.34. The zero-order valence-corrected chi connectivity index (χ0v) is 14.8. The zero-order valence-electron chi connectivity index (χ0n) is 14.8. The van der Waals surface area contributed by atoms with E-state index in [0.717, 1.165) is 30.7 Å². The fraction of sp³-hybridized carbons (Fsp3) is 0.722. The van der Waals surface area contributed by atoms with Crippen LogP contribution in [0.1, 0.15) is 39.4 Å². The predicted molar refractivity (Wildman–Crippen MR) is 95.5 cm³/mol. The smallest absolute Gasteiger partial charge is 0.191 e. The van der Waals surface area contributed by atoms with Gasteiger partial charge in [0.2, 0.25) is 0 Å². The maximum atomic E-state index is 5.34. The first-order chi connectivity index (χ1) is 11.2. The summed E-state index contributed by atoms with van der Waals surface area (Å²) in [7, 11) is 0. The van der Waals surface area contributed by atoms with E-state index in [1.165, 1.54) is 32.5 Å². The molecule has 1 fully saturated rings. The molecule has 2 N–H and O–H groups in total. The van der Waals surface area contributed by atoms with Crippen LogP contribution in [0.5, 0.6) is 0 Å². The maximum absolute atomic E-state index is 5.34. The summed E-state index contributed by atoms with van der Waals surface area (Å²) in [6.07, 6.45) is 4.30. The first kappa shape index (κ1) is 17.9. The Morgan fingerprint density at radius 2 is 2.30 bits per heavy atom. The van der Waals surface area contributed by atoms with Crippen LogP contribution in [0.4, 0.5) is 0 Å². The summed E-state index contributed by atoms with van der Waals surface area (Å²) in [5.74, 6) is 3.22. The van der Waals surface area contributed by atoms with Crippen LogP contribution in [0, 0.1) is 11.8 Å². The Bertz CT molecular complexity index is 456. The highest BCUT2D eigenvalue weighted by atomic mass is 16.3. The van der Waals surface area contributed by atoms with E-state index >= 15 is 0 Å². The number of nitrogens with one attached hydrogen (secondary N) is 2. The van der Waals surface area contributed by atoms with Crippen LogP contribution in [0.2, 0.25) is 0 Å². The molecule has 0 radical (unpaired) electrons. The number of nitrogens with zero attached hydrogens (tertiary/aromatic N) is 2. The summed E-state index contributed by atoms with van der Waals surface area (Å²) >= 11 is 0. The summed E-state index contributed by atoms with van der Waals surface area (Å²) in [6, 6.07) is 3.86. The van der Waals surface area contributed by atoms with Crippen molar-refractivity contribution < 1.29 is 4.42 Å². The molecule has 1 unspecified atom stereocenters. The normalized spacial score (nSPS) is 20.0. The van der Waals surface area contributed by atoms with Gasteiger partial charge in [-0.3, -0.25) is 0 Å². The average molecular weight is 320 g/mol. The minimum Gasteiger partial charge on any atom is -0.467 e. The van der Waals surface area contributed by atoms with Crippen molar-refractivity contribution in [1.82, 2.24) is 15.5 Å². The standard InChI is InChI=1S/C18H32N4O/c1-4-19-18(21-12-17-8-6-10-23-17)20-11-16-7-5-9-22(14-16)13-15(2)3/h6,8,10,15-16H,4-5,7,9,11-14H2,1-3H3,(H2,19,20,21). The van der Waals surface area contributed by atoms with Gasteiger partial charge in [-0.25, -0.2) is 4.99 Å². The van der Waals surface area contributed by atoms with E-state index in [0.29, 0.717) is 12.5 Å². The van der Waals surface area contributed by atoms with Gasteiger partial charge in [-0.15, -0.1) is 0 Å². The largest absolute Gasteiger partial charge is 0.467 e. The monoisotopic (exact) mass is 320 g/mol. The highest BCUT2D eigenvalue weighted by molar-refractivity contribution is 5.79. The molecule has 0 aromatic carbocycles. The first-order valence-electron chi connectivity index (χ1n) is 8.94. The lowest BCUT2D eigenvalue weighted by Gasteiger charge is -2.34. The van der Waals surface area contributed by atoms with E-state index in [1.807, 2.05) is 12.1 Å². The fourth-order valence-electron chi connectivity index (χ4n) is 3.14. The number of rotatable bonds is 7. The van der Waals surface area contributed by atoms with Gasteiger partial charge in [0.15, 0.2) is 5.96 Å². The van der Waals surface area contributed by atoms with Crippen molar-refractivity contribution in [1.29, 1.82) is 0 Å². The molecule has 0 spiro atoms. The van der Waals surface area contributed by atoms with Crippen molar-refractivity contribution in [2.75, 3.05) is 32.7 Å². The van der Waals surface area contributed by atoms with E-state index < -0.39 is 0 Å². The molecular formula is C18H32N4O. The summed E-state index contributed by atoms with van der Waals surface area (Å²) in [5.41, 5.74) is 0. The average Bonchev–Trinajstić information content (AvgIpc) is 3.03. The summed E-state index contributed by atoms with van der Waals surface area (Å²) in [6.45, 7) is 12.8. The van der Waals surface area contributed by atoms with Crippen molar-refractivity contribution in [3.63, 3.8) is 0 Å². The number of guanidine groups is 1. The molecule has 0 saturated carbocycles. The second-order valence-electron chi connectivity index (χ2n) is 6.82. The summed E-state index contributed by atoms with van der Waals surface area (Å²) in [5, 5.41) is 6.81. The molecule has 23 heavy (non-hydrogen) atoms. The van der Waals surface area contributed by atoms with Gasteiger partial charge < -0.3 is 20.0 Å². The number of hydrogen-bond acceptors (Lipinski definition) is 3. The van der Waals surface area contributed by atoms with Gasteiger partial charge in [-0.2, -0.15) is 0 Å². The van der Waals surface area contributed by atoms with Gasteiger partial charge in [0.1, 0.15) is 12.3 Å².